The molecule has 0 bridgehead atoms. The van der Waals surface area contributed by atoms with Crippen molar-refractivity contribution < 1.29 is 13.2 Å². The van der Waals surface area contributed by atoms with Crippen LogP contribution in [0.2, 0.25) is 0 Å². The zero-order valence-corrected chi connectivity index (χ0v) is 11.5. The Kier molecular flexibility index (Phi) is 3.69. The van der Waals surface area contributed by atoms with Gasteiger partial charge in [-0.25, -0.2) is 0 Å². The molecule has 1 unspecified atom stereocenters. The van der Waals surface area contributed by atoms with Gasteiger partial charge in [0, 0.05) is 23.3 Å². The molecule has 0 amide bonds. The smallest absolute Gasteiger partial charge is 0.320 e. The Labute approximate surface area is 116 Å². The molecule has 3 nitrogen and oxygen atoms in total. The maximum absolute atomic E-state index is 12.7. The zero-order chi connectivity index (χ0) is 14.2. The van der Waals surface area contributed by atoms with Gasteiger partial charge in [-0.2, -0.15) is 18.3 Å². The van der Waals surface area contributed by atoms with Crippen LogP contribution in [0.4, 0.5) is 13.2 Å². The Morgan fingerprint density at radius 3 is 2.58 bits per heavy atom. The highest BCUT2D eigenvalue weighted by Gasteiger charge is 2.31. The number of rotatable bonds is 2. The van der Waals surface area contributed by atoms with Crippen LogP contribution in [0.1, 0.15) is 22.7 Å². The predicted molar refractivity (Wildman–Crippen MR) is 68.4 cm³/mol. The fraction of sp³-hybridized carbons (Fsp3) is 0.250. The molecule has 102 valence electrons. The topological polar surface area (TPSA) is 43.8 Å². The lowest BCUT2D eigenvalue weighted by molar-refractivity contribution is -0.137. The Bertz CT molecular complexity index is 592. The Morgan fingerprint density at radius 1 is 1.37 bits per heavy atom. The van der Waals surface area contributed by atoms with Crippen molar-refractivity contribution in [1.29, 1.82) is 0 Å². The van der Waals surface area contributed by atoms with Gasteiger partial charge in [0.05, 0.1) is 17.8 Å². The molecular formula is C12H11BrF3N3. The minimum Gasteiger partial charge on any atom is -0.320 e. The molecule has 0 aliphatic carbocycles. The largest absolute Gasteiger partial charge is 0.416 e. The van der Waals surface area contributed by atoms with Gasteiger partial charge in [0.1, 0.15) is 0 Å². The second kappa shape index (κ2) is 4.97. The van der Waals surface area contributed by atoms with E-state index in [1.54, 1.807) is 17.9 Å². The number of aromatic nitrogens is 2. The molecule has 0 fully saturated rings. The summed E-state index contributed by atoms with van der Waals surface area (Å²) in [5, 5.41) is 3.96. The number of halogens is 4. The Balaban J connectivity index is 2.44. The summed E-state index contributed by atoms with van der Waals surface area (Å²) in [6.07, 6.45) is -1.17. The quantitative estimate of drug-likeness (QED) is 0.916. The van der Waals surface area contributed by atoms with Gasteiger partial charge in [-0.05, 0) is 23.8 Å². The van der Waals surface area contributed by atoms with E-state index in [1.807, 2.05) is 0 Å². The second-order valence-electron chi connectivity index (χ2n) is 4.16. The fourth-order valence-corrected chi connectivity index (χ4v) is 2.23. The summed E-state index contributed by atoms with van der Waals surface area (Å²) >= 11 is 3.23. The van der Waals surface area contributed by atoms with Crippen molar-refractivity contribution in [2.45, 2.75) is 12.2 Å². The first kappa shape index (κ1) is 14.1. The van der Waals surface area contributed by atoms with Crippen molar-refractivity contribution in [3.63, 3.8) is 0 Å². The van der Waals surface area contributed by atoms with Gasteiger partial charge < -0.3 is 5.73 Å². The molecule has 0 aliphatic heterocycles. The van der Waals surface area contributed by atoms with Crippen LogP contribution in [0.3, 0.4) is 0 Å². The summed E-state index contributed by atoms with van der Waals surface area (Å²) in [5.41, 5.74) is 6.31. The van der Waals surface area contributed by atoms with Gasteiger partial charge in [-0.15, -0.1) is 0 Å². The number of hydrogen-bond acceptors (Lipinski definition) is 2. The molecule has 0 saturated heterocycles. The second-order valence-corrected chi connectivity index (χ2v) is 5.01. The van der Waals surface area contributed by atoms with Crippen LogP contribution in [0.25, 0.3) is 0 Å². The van der Waals surface area contributed by atoms with Gasteiger partial charge in [-0.3, -0.25) is 4.68 Å². The molecular weight excluding hydrogens is 323 g/mol. The highest BCUT2D eigenvalue weighted by molar-refractivity contribution is 9.10. The maximum Gasteiger partial charge on any atom is 0.416 e. The predicted octanol–water partition coefficient (Wildman–Crippen LogP) is 3.25. The van der Waals surface area contributed by atoms with Crippen LogP contribution >= 0.6 is 15.9 Å². The van der Waals surface area contributed by atoms with E-state index in [0.29, 0.717) is 15.6 Å². The summed E-state index contributed by atoms with van der Waals surface area (Å²) in [6.45, 7) is 0. The van der Waals surface area contributed by atoms with Crippen LogP contribution in [0.5, 0.6) is 0 Å². The highest BCUT2D eigenvalue weighted by Crippen LogP contribution is 2.34. The first-order chi connectivity index (χ1) is 8.79. The van der Waals surface area contributed by atoms with Crippen molar-refractivity contribution in [3.05, 3.63) is 51.8 Å². The van der Waals surface area contributed by atoms with Gasteiger partial charge in [-0.1, -0.05) is 15.9 Å². The van der Waals surface area contributed by atoms with Gasteiger partial charge in [0.15, 0.2) is 0 Å². The van der Waals surface area contributed by atoms with Crippen LogP contribution in [0, 0.1) is 0 Å². The molecule has 1 atom stereocenters. The molecule has 2 aromatic rings. The average Bonchev–Trinajstić information content (AvgIpc) is 2.74. The fourth-order valence-electron chi connectivity index (χ4n) is 1.74. The van der Waals surface area contributed by atoms with E-state index in [-0.39, 0.29) is 0 Å². The number of aryl methyl sites for hydroxylation is 1. The lowest BCUT2D eigenvalue weighted by Gasteiger charge is -2.15. The zero-order valence-electron chi connectivity index (χ0n) is 9.95. The van der Waals surface area contributed by atoms with E-state index in [9.17, 15) is 13.2 Å². The molecule has 19 heavy (non-hydrogen) atoms. The first-order valence-corrected chi connectivity index (χ1v) is 6.19. The maximum atomic E-state index is 12.7. The van der Waals surface area contributed by atoms with Crippen molar-refractivity contribution in [3.8, 4) is 0 Å². The van der Waals surface area contributed by atoms with E-state index < -0.39 is 17.8 Å². The summed E-state index contributed by atoms with van der Waals surface area (Å²) in [5.74, 6) is 0. The molecule has 1 heterocycles. The molecule has 1 aromatic carbocycles. The average molecular weight is 334 g/mol. The van der Waals surface area contributed by atoms with E-state index in [0.717, 1.165) is 12.1 Å². The molecule has 0 aliphatic rings. The number of nitrogens with two attached hydrogens (primary N) is 1. The minimum atomic E-state index is -4.38. The monoisotopic (exact) mass is 333 g/mol. The number of benzene rings is 1. The Hall–Kier alpha value is -1.34. The third-order valence-electron chi connectivity index (χ3n) is 2.74. The van der Waals surface area contributed by atoms with E-state index in [4.69, 9.17) is 5.73 Å². The first-order valence-electron chi connectivity index (χ1n) is 5.40. The molecule has 0 spiro atoms. The lowest BCUT2D eigenvalue weighted by atomic mass is 10.0. The SMILES string of the molecule is Cn1cc(C(N)c2cc(C(F)(F)F)ccc2Br)cn1. The lowest BCUT2D eigenvalue weighted by Crippen LogP contribution is -2.14. The van der Waals surface area contributed by atoms with Gasteiger partial charge >= 0.3 is 6.18 Å². The molecule has 0 radical (unpaired) electrons. The number of nitrogens with zero attached hydrogens (tertiary/aromatic N) is 2. The Morgan fingerprint density at radius 2 is 2.05 bits per heavy atom. The third kappa shape index (κ3) is 2.98. The summed E-state index contributed by atoms with van der Waals surface area (Å²) in [7, 11) is 1.72. The van der Waals surface area contributed by atoms with E-state index >= 15 is 0 Å². The van der Waals surface area contributed by atoms with Crippen LogP contribution in [-0.4, -0.2) is 9.78 Å². The van der Waals surface area contributed by atoms with Crippen molar-refractivity contribution in [2.75, 3.05) is 0 Å². The van der Waals surface area contributed by atoms with Crippen molar-refractivity contribution in [2.24, 2.45) is 12.8 Å². The van der Waals surface area contributed by atoms with E-state index in [2.05, 4.69) is 21.0 Å². The molecule has 7 heteroatoms. The summed E-state index contributed by atoms with van der Waals surface area (Å²) in [6, 6.07) is 2.77. The highest BCUT2D eigenvalue weighted by atomic mass is 79.9. The third-order valence-corrected chi connectivity index (χ3v) is 3.46. The number of alkyl halides is 3. The van der Waals surface area contributed by atoms with Crippen molar-refractivity contribution in [1.82, 2.24) is 9.78 Å². The van der Waals surface area contributed by atoms with Crippen LogP contribution in [0.15, 0.2) is 35.1 Å². The summed E-state index contributed by atoms with van der Waals surface area (Å²) < 4.78 is 40.2. The van der Waals surface area contributed by atoms with Crippen LogP contribution < -0.4 is 5.73 Å². The normalized spacial score (nSPS) is 13.6. The molecule has 2 rings (SSSR count). The van der Waals surface area contributed by atoms with E-state index in [1.165, 1.54) is 12.3 Å². The van der Waals surface area contributed by atoms with Crippen LogP contribution in [-0.2, 0) is 13.2 Å². The molecule has 2 N–H and O–H groups in total. The standard InChI is InChI=1S/C12H11BrF3N3/c1-19-6-7(5-18-19)11(17)9-4-8(12(14,15)16)2-3-10(9)13/h2-6,11H,17H2,1H3. The molecule has 0 saturated carbocycles. The van der Waals surface area contributed by atoms with Gasteiger partial charge in [0.25, 0.3) is 0 Å². The van der Waals surface area contributed by atoms with Gasteiger partial charge in [0.2, 0.25) is 0 Å². The molecule has 1 aromatic heterocycles. The van der Waals surface area contributed by atoms with Crippen molar-refractivity contribution >= 4 is 15.9 Å². The number of hydrogen-bond donors (Lipinski definition) is 1. The summed E-state index contributed by atoms with van der Waals surface area (Å²) in [4.78, 5) is 0. The minimum absolute atomic E-state index is 0.378.